The van der Waals surface area contributed by atoms with Crippen LogP contribution < -0.4 is 0 Å². The summed E-state index contributed by atoms with van der Waals surface area (Å²) < 4.78 is 41.3. The summed E-state index contributed by atoms with van der Waals surface area (Å²) >= 11 is 0. The first-order chi connectivity index (χ1) is 16.3. The third-order valence-corrected chi connectivity index (χ3v) is 6.03. The summed E-state index contributed by atoms with van der Waals surface area (Å²) in [6, 6.07) is 8.33. The Morgan fingerprint density at radius 1 is 1.12 bits per heavy atom. The number of nitrogens with zero attached hydrogens (tertiary/aromatic N) is 5. The van der Waals surface area contributed by atoms with E-state index in [-0.39, 0.29) is 11.9 Å². The van der Waals surface area contributed by atoms with Crippen molar-refractivity contribution in [3.63, 3.8) is 0 Å². The third kappa shape index (κ3) is 4.07. The second-order valence-corrected chi connectivity index (χ2v) is 8.27. The Kier molecular flexibility index (Phi) is 5.43. The molecule has 0 unspecified atom stereocenters. The number of aromatic amines is 1. The monoisotopic (exact) mass is 466 g/mol. The Morgan fingerprint density at radius 3 is 2.68 bits per heavy atom. The number of likely N-dealkylation sites (tertiary alicyclic amines) is 1. The van der Waals surface area contributed by atoms with E-state index >= 15 is 0 Å². The van der Waals surface area contributed by atoms with E-state index in [4.69, 9.17) is 0 Å². The van der Waals surface area contributed by atoms with Gasteiger partial charge in [0, 0.05) is 37.1 Å². The molecule has 3 aromatic heterocycles. The number of amides is 1. The number of pyridine rings is 1. The fraction of sp³-hybridized carbons (Fsp3) is 0.250. The molecule has 4 heterocycles. The lowest BCUT2D eigenvalue weighted by Gasteiger charge is -2.25. The van der Waals surface area contributed by atoms with Crippen molar-refractivity contribution in [1.29, 1.82) is 0 Å². The first-order valence-electron chi connectivity index (χ1n) is 10.8. The van der Waals surface area contributed by atoms with Gasteiger partial charge < -0.3 is 4.90 Å². The van der Waals surface area contributed by atoms with Crippen LogP contribution in [0.5, 0.6) is 0 Å². The Hall–Kier alpha value is -3.95. The van der Waals surface area contributed by atoms with Gasteiger partial charge in [0.15, 0.2) is 0 Å². The van der Waals surface area contributed by atoms with Crippen molar-refractivity contribution in [2.75, 3.05) is 6.54 Å². The van der Waals surface area contributed by atoms with Crippen LogP contribution in [-0.2, 0) is 13.2 Å². The van der Waals surface area contributed by atoms with Crippen LogP contribution in [0.2, 0.25) is 0 Å². The molecule has 7 nitrogen and oxygen atoms in total. The standard InChI is InChI=1S/C24H21F3N6O/c1-32-14-17(12-30-32)20-8-7-16(11-28-20)23(34)33-9-3-6-21(33)22-19(13-29-31-22)15-4-2-5-18(10-15)24(25,26)27/h2,4-5,7-8,10-14,21H,3,6,9H2,1H3,(H,29,31)/t21-/m1/s1. The van der Waals surface area contributed by atoms with Gasteiger partial charge >= 0.3 is 6.18 Å². The van der Waals surface area contributed by atoms with Crippen molar-refractivity contribution in [1.82, 2.24) is 29.9 Å². The van der Waals surface area contributed by atoms with Gasteiger partial charge in [-0.15, -0.1) is 0 Å². The summed E-state index contributed by atoms with van der Waals surface area (Å²) in [5.41, 5.74) is 2.87. The van der Waals surface area contributed by atoms with Crippen molar-refractivity contribution >= 4 is 5.91 Å². The molecule has 0 radical (unpaired) electrons. The lowest BCUT2D eigenvalue weighted by Crippen LogP contribution is -2.31. The maximum atomic E-state index is 13.3. The molecule has 1 aromatic carbocycles. The number of aromatic nitrogens is 5. The molecule has 1 aliphatic rings. The molecule has 4 aromatic rings. The Morgan fingerprint density at radius 2 is 1.97 bits per heavy atom. The quantitative estimate of drug-likeness (QED) is 0.466. The first kappa shape index (κ1) is 21.9. The number of alkyl halides is 3. The van der Waals surface area contributed by atoms with E-state index < -0.39 is 11.7 Å². The van der Waals surface area contributed by atoms with E-state index in [2.05, 4.69) is 20.3 Å². The molecule has 1 atom stereocenters. The van der Waals surface area contributed by atoms with Crippen molar-refractivity contribution in [3.8, 4) is 22.4 Å². The second kappa shape index (κ2) is 8.44. The first-order valence-corrected chi connectivity index (χ1v) is 10.8. The van der Waals surface area contributed by atoms with Crippen molar-refractivity contribution in [2.45, 2.75) is 25.1 Å². The average molecular weight is 466 g/mol. The number of carbonyl (C=O) groups is 1. The van der Waals surface area contributed by atoms with Gasteiger partial charge in [-0.1, -0.05) is 12.1 Å². The number of hydrogen-bond acceptors (Lipinski definition) is 4. The molecule has 0 saturated carbocycles. The Balaban J connectivity index is 1.41. The molecule has 1 aliphatic heterocycles. The molecule has 34 heavy (non-hydrogen) atoms. The zero-order chi connectivity index (χ0) is 23.9. The molecule has 0 spiro atoms. The van der Waals surface area contributed by atoms with Crippen LogP contribution in [0.3, 0.4) is 0 Å². The van der Waals surface area contributed by atoms with E-state index in [0.29, 0.717) is 41.0 Å². The highest BCUT2D eigenvalue weighted by atomic mass is 19.4. The molecule has 0 aliphatic carbocycles. The van der Waals surface area contributed by atoms with Gasteiger partial charge in [-0.2, -0.15) is 23.4 Å². The summed E-state index contributed by atoms with van der Waals surface area (Å²) in [5, 5.41) is 11.1. The van der Waals surface area contributed by atoms with Gasteiger partial charge in [0.2, 0.25) is 0 Å². The van der Waals surface area contributed by atoms with E-state index in [1.807, 2.05) is 13.2 Å². The zero-order valence-electron chi connectivity index (χ0n) is 18.3. The minimum Gasteiger partial charge on any atom is -0.330 e. The average Bonchev–Trinajstić information content (AvgIpc) is 3.58. The minimum absolute atomic E-state index is 0.183. The number of H-pyrrole nitrogens is 1. The number of nitrogens with one attached hydrogen (secondary N) is 1. The van der Waals surface area contributed by atoms with Gasteiger partial charge in [-0.3, -0.25) is 19.6 Å². The molecule has 0 bridgehead atoms. The zero-order valence-corrected chi connectivity index (χ0v) is 18.3. The number of rotatable bonds is 4. The SMILES string of the molecule is Cn1cc(-c2ccc(C(=O)N3CCC[C@@H]3c3[nH]ncc3-c3cccc(C(F)(F)F)c3)cn2)cn1. The Labute approximate surface area is 193 Å². The van der Waals surface area contributed by atoms with Crippen LogP contribution in [0.4, 0.5) is 13.2 Å². The summed E-state index contributed by atoms with van der Waals surface area (Å²) in [6.45, 7) is 0.537. The van der Waals surface area contributed by atoms with Gasteiger partial charge in [-0.05, 0) is 42.7 Å². The molecule has 174 valence electrons. The van der Waals surface area contributed by atoms with Gasteiger partial charge in [0.1, 0.15) is 0 Å². The highest BCUT2D eigenvalue weighted by Gasteiger charge is 2.34. The maximum Gasteiger partial charge on any atom is 0.416 e. The predicted molar refractivity (Wildman–Crippen MR) is 118 cm³/mol. The number of halogens is 3. The summed E-state index contributed by atoms with van der Waals surface area (Å²) in [5.74, 6) is -0.183. The highest BCUT2D eigenvalue weighted by molar-refractivity contribution is 5.94. The molecule has 1 N–H and O–H groups in total. The maximum absolute atomic E-state index is 13.3. The van der Waals surface area contributed by atoms with Crippen molar-refractivity contribution in [3.05, 3.63) is 78.0 Å². The lowest BCUT2D eigenvalue weighted by molar-refractivity contribution is -0.137. The summed E-state index contributed by atoms with van der Waals surface area (Å²) in [4.78, 5) is 19.5. The number of aryl methyl sites for hydroxylation is 1. The molecule has 1 saturated heterocycles. The highest BCUT2D eigenvalue weighted by Crippen LogP contribution is 2.39. The van der Waals surface area contributed by atoms with Crippen LogP contribution >= 0.6 is 0 Å². The number of benzene rings is 1. The van der Waals surface area contributed by atoms with Crippen LogP contribution in [-0.4, -0.2) is 42.3 Å². The number of hydrogen-bond donors (Lipinski definition) is 1. The molecule has 5 rings (SSSR count). The molecule has 10 heteroatoms. The molecule has 1 amide bonds. The number of carbonyl (C=O) groups excluding carboxylic acids is 1. The minimum atomic E-state index is -4.44. The fourth-order valence-electron chi connectivity index (χ4n) is 4.36. The van der Waals surface area contributed by atoms with Crippen LogP contribution in [0, 0.1) is 0 Å². The molecular formula is C24H21F3N6O. The largest absolute Gasteiger partial charge is 0.416 e. The Bertz CT molecular complexity index is 1320. The van der Waals surface area contributed by atoms with Crippen molar-refractivity contribution in [2.24, 2.45) is 7.05 Å². The second-order valence-electron chi connectivity index (χ2n) is 8.27. The third-order valence-electron chi connectivity index (χ3n) is 6.03. The van der Waals surface area contributed by atoms with Gasteiger partial charge in [-0.25, -0.2) is 0 Å². The molecule has 1 fully saturated rings. The van der Waals surface area contributed by atoms with E-state index in [1.165, 1.54) is 12.3 Å². The fourth-order valence-corrected chi connectivity index (χ4v) is 4.36. The summed E-state index contributed by atoms with van der Waals surface area (Å²) in [6.07, 6.45) is 3.61. The smallest absolute Gasteiger partial charge is 0.330 e. The van der Waals surface area contributed by atoms with Gasteiger partial charge in [0.25, 0.3) is 5.91 Å². The predicted octanol–water partition coefficient (Wildman–Crippen LogP) is 4.87. The lowest BCUT2D eigenvalue weighted by atomic mass is 9.99. The molecular weight excluding hydrogens is 445 g/mol. The van der Waals surface area contributed by atoms with Crippen LogP contribution in [0.1, 0.15) is 40.5 Å². The normalized spacial score (nSPS) is 16.2. The van der Waals surface area contributed by atoms with E-state index in [9.17, 15) is 18.0 Å². The summed E-state index contributed by atoms with van der Waals surface area (Å²) in [7, 11) is 1.82. The van der Waals surface area contributed by atoms with E-state index in [1.54, 1.807) is 40.2 Å². The topological polar surface area (TPSA) is 79.7 Å². The van der Waals surface area contributed by atoms with Crippen molar-refractivity contribution < 1.29 is 18.0 Å². The van der Waals surface area contributed by atoms with Crippen LogP contribution in [0.25, 0.3) is 22.4 Å². The van der Waals surface area contributed by atoms with Crippen LogP contribution in [0.15, 0.2) is 61.2 Å². The van der Waals surface area contributed by atoms with Gasteiger partial charge in [0.05, 0.1) is 41.0 Å². The van der Waals surface area contributed by atoms with E-state index in [0.717, 1.165) is 24.1 Å².